The summed E-state index contributed by atoms with van der Waals surface area (Å²) in [4.78, 5) is 9.11. The van der Waals surface area contributed by atoms with Crippen LogP contribution in [0.4, 0.5) is 0 Å². The third-order valence-corrected chi connectivity index (χ3v) is 4.81. The summed E-state index contributed by atoms with van der Waals surface area (Å²) in [6, 6.07) is 23.2. The van der Waals surface area contributed by atoms with Crippen LogP contribution >= 0.6 is 0 Å². The Morgan fingerprint density at radius 2 is 1.45 bits per heavy atom. The van der Waals surface area contributed by atoms with Crippen LogP contribution in [-0.2, 0) is 0 Å². The van der Waals surface area contributed by atoms with Crippen molar-refractivity contribution in [1.29, 1.82) is 0 Å². The van der Waals surface area contributed by atoms with Crippen LogP contribution in [0, 0.1) is 0 Å². The molecule has 3 aromatic carbocycles. The molecule has 5 rings (SSSR count). The van der Waals surface area contributed by atoms with Crippen molar-refractivity contribution in [2.75, 3.05) is 0 Å². The molecule has 2 heterocycles. The fourth-order valence-corrected chi connectivity index (χ4v) is 3.60. The van der Waals surface area contributed by atoms with Crippen molar-refractivity contribution < 1.29 is 14.7 Å². The highest BCUT2D eigenvalue weighted by Crippen LogP contribution is 2.34. The Balaban J connectivity index is 1.67. The number of rotatable bonds is 4. The van der Waals surface area contributed by atoms with Crippen LogP contribution in [0.5, 0.6) is 5.75 Å². The van der Waals surface area contributed by atoms with E-state index >= 15 is 0 Å². The summed E-state index contributed by atoms with van der Waals surface area (Å²) >= 11 is 0. The zero-order valence-electron chi connectivity index (χ0n) is 15.3. The quantitative estimate of drug-likeness (QED) is 0.465. The van der Waals surface area contributed by atoms with E-state index in [1.165, 1.54) is 0 Å². The molecule has 0 radical (unpaired) electrons. The van der Waals surface area contributed by atoms with E-state index in [-0.39, 0.29) is 0 Å². The monoisotopic (exact) mass is 381 g/mol. The minimum atomic E-state index is -1.86. The van der Waals surface area contributed by atoms with Crippen LogP contribution in [0.2, 0.25) is 0 Å². The van der Waals surface area contributed by atoms with E-state index in [2.05, 4.69) is 14.5 Å². The zero-order chi connectivity index (χ0) is 19.8. The second-order valence-electron chi connectivity index (χ2n) is 6.61. The first kappa shape index (κ1) is 17.4. The molecule has 0 amide bonds. The van der Waals surface area contributed by atoms with Crippen LogP contribution in [0.25, 0.3) is 38.9 Å². The molecule has 0 fully saturated rings. The maximum absolute atomic E-state index is 9.11. The molecule has 140 valence electrons. The largest absolute Gasteiger partial charge is 0.707 e. The molecule has 0 bridgehead atoms. The maximum atomic E-state index is 9.11. The summed E-state index contributed by atoms with van der Waals surface area (Å²) in [6.07, 6.45) is 3.62. The van der Waals surface area contributed by atoms with Crippen LogP contribution in [0.3, 0.4) is 0 Å². The first-order valence-electron chi connectivity index (χ1n) is 9.14. The van der Waals surface area contributed by atoms with Crippen molar-refractivity contribution in [3.8, 4) is 22.8 Å². The molecule has 29 heavy (non-hydrogen) atoms. The SMILES string of the molecule is OB(O)Oc1ccc2c(c1)c1ccccc1n2-c1cnc(-c2ccccc2)nc1. The van der Waals surface area contributed by atoms with Gasteiger partial charge in [0.15, 0.2) is 5.82 Å². The Morgan fingerprint density at radius 1 is 0.759 bits per heavy atom. The lowest BCUT2D eigenvalue weighted by molar-refractivity contribution is 0.288. The van der Waals surface area contributed by atoms with Gasteiger partial charge in [-0.3, -0.25) is 0 Å². The molecule has 2 aromatic heterocycles. The van der Waals surface area contributed by atoms with E-state index in [4.69, 9.17) is 14.7 Å². The van der Waals surface area contributed by atoms with Gasteiger partial charge in [0.1, 0.15) is 5.75 Å². The van der Waals surface area contributed by atoms with Gasteiger partial charge in [-0.25, -0.2) is 9.97 Å². The third kappa shape index (κ3) is 3.12. The number of hydrogen-bond donors (Lipinski definition) is 2. The lowest BCUT2D eigenvalue weighted by Crippen LogP contribution is -2.20. The van der Waals surface area contributed by atoms with Gasteiger partial charge in [-0.1, -0.05) is 48.5 Å². The average molecular weight is 381 g/mol. The third-order valence-electron chi connectivity index (χ3n) is 4.81. The molecule has 0 saturated heterocycles. The van der Waals surface area contributed by atoms with Crippen molar-refractivity contribution >= 4 is 29.1 Å². The van der Waals surface area contributed by atoms with E-state index in [0.29, 0.717) is 11.6 Å². The van der Waals surface area contributed by atoms with Gasteiger partial charge in [0, 0.05) is 16.3 Å². The number of fused-ring (bicyclic) bond motifs is 3. The second kappa shape index (κ2) is 7.05. The molecule has 0 saturated carbocycles. The van der Waals surface area contributed by atoms with Crippen molar-refractivity contribution in [2.45, 2.75) is 0 Å². The highest BCUT2D eigenvalue weighted by atomic mass is 16.6. The van der Waals surface area contributed by atoms with Gasteiger partial charge < -0.3 is 19.3 Å². The molecule has 0 spiro atoms. The molecular formula is C22H16BN3O3. The first-order chi connectivity index (χ1) is 14.2. The Morgan fingerprint density at radius 3 is 2.21 bits per heavy atom. The van der Waals surface area contributed by atoms with Crippen LogP contribution < -0.4 is 4.65 Å². The van der Waals surface area contributed by atoms with Gasteiger partial charge in [0.2, 0.25) is 0 Å². The number of aromatic nitrogens is 3. The maximum Gasteiger partial charge on any atom is 0.707 e. The van der Waals surface area contributed by atoms with E-state index in [0.717, 1.165) is 33.1 Å². The standard InChI is InChI=1S/C22H16BN3O3/c27-23(28)29-17-10-11-21-19(12-17)18-8-4-5-9-20(18)26(21)16-13-24-22(25-14-16)15-6-2-1-3-7-15/h1-14,27-28H. The van der Waals surface area contributed by atoms with Gasteiger partial charge in [-0.15, -0.1) is 0 Å². The predicted octanol–water partition coefficient (Wildman–Crippen LogP) is 3.59. The van der Waals surface area contributed by atoms with E-state index in [1.54, 1.807) is 12.1 Å². The molecule has 0 unspecified atom stereocenters. The Hall–Kier alpha value is -3.68. The summed E-state index contributed by atoms with van der Waals surface area (Å²) in [5.41, 5.74) is 3.75. The first-order valence-corrected chi connectivity index (χ1v) is 9.14. The number of nitrogens with zero attached hydrogens (tertiary/aromatic N) is 3. The summed E-state index contributed by atoms with van der Waals surface area (Å²) in [5.74, 6) is 1.05. The van der Waals surface area contributed by atoms with E-state index < -0.39 is 7.32 Å². The fourth-order valence-electron chi connectivity index (χ4n) is 3.60. The minimum Gasteiger partial charge on any atom is -0.512 e. The van der Waals surface area contributed by atoms with Crippen molar-refractivity contribution in [3.63, 3.8) is 0 Å². The molecule has 0 atom stereocenters. The van der Waals surface area contributed by atoms with Gasteiger partial charge in [0.25, 0.3) is 0 Å². The fraction of sp³-hybridized carbons (Fsp3) is 0. The molecule has 0 aliphatic carbocycles. The Labute approximate surface area is 166 Å². The summed E-state index contributed by atoms with van der Waals surface area (Å²) in [5, 5.41) is 20.2. The molecule has 0 aliphatic rings. The van der Waals surface area contributed by atoms with Gasteiger partial charge >= 0.3 is 7.32 Å². The minimum absolute atomic E-state index is 0.381. The number of benzene rings is 3. The Kier molecular flexibility index (Phi) is 4.24. The lowest BCUT2D eigenvalue weighted by atomic mass is 10.1. The van der Waals surface area contributed by atoms with Crippen molar-refractivity contribution in [1.82, 2.24) is 14.5 Å². The molecule has 0 aliphatic heterocycles. The van der Waals surface area contributed by atoms with Crippen LogP contribution in [0.15, 0.2) is 85.2 Å². The molecule has 2 N–H and O–H groups in total. The highest BCUT2D eigenvalue weighted by Gasteiger charge is 2.16. The second-order valence-corrected chi connectivity index (χ2v) is 6.61. The van der Waals surface area contributed by atoms with Crippen molar-refractivity contribution in [2.24, 2.45) is 0 Å². The smallest absolute Gasteiger partial charge is 0.512 e. The van der Waals surface area contributed by atoms with Gasteiger partial charge in [0.05, 0.1) is 29.1 Å². The normalized spacial score (nSPS) is 11.1. The summed E-state index contributed by atoms with van der Waals surface area (Å²) < 4.78 is 7.11. The Bertz CT molecular complexity index is 1300. The molecular weight excluding hydrogens is 365 g/mol. The molecule has 7 heteroatoms. The van der Waals surface area contributed by atoms with Crippen LogP contribution in [0.1, 0.15) is 0 Å². The lowest BCUT2D eigenvalue weighted by Gasteiger charge is -2.09. The number of hydrogen-bond acceptors (Lipinski definition) is 5. The highest BCUT2D eigenvalue weighted by molar-refractivity contribution is 6.33. The van der Waals surface area contributed by atoms with Gasteiger partial charge in [-0.05, 0) is 24.3 Å². The summed E-state index contributed by atoms with van der Waals surface area (Å²) in [7, 11) is -1.86. The zero-order valence-corrected chi connectivity index (χ0v) is 15.3. The van der Waals surface area contributed by atoms with E-state index in [1.807, 2.05) is 73.1 Å². The molecule has 6 nitrogen and oxygen atoms in total. The van der Waals surface area contributed by atoms with Crippen LogP contribution in [-0.4, -0.2) is 31.9 Å². The summed E-state index contributed by atoms with van der Waals surface area (Å²) in [6.45, 7) is 0. The topological polar surface area (TPSA) is 80.4 Å². The predicted molar refractivity (Wildman–Crippen MR) is 113 cm³/mol. The van der Waals surface area contributed by atoms with Gasteiger partial charge in [-0.2, -0.15) is 0 Å². The van der Waals surface area contributed by atoms with E-state index in [9.17, 15) is 0 Å². The van der Waals surface area contributed by atoms with Crippen molar-refractivity contribution in [3.05, 3.63) is 85.2 Å². The number of para-hydroxylation sites is 1. The average Bonchev–Trinajstić information content (AvgIpc) is 3.08. The molecule has 5 aromatic rings.